The van der Waals surface area contributed by atoms with Crippen LogP contribution in [0.25, 0.3) is 0 Å². The molecule has 1 saturated carbocycles. The number of anilines is 2. The number of benzene rings is 2. The van der Waals surface area contributed by atoms with E-state index in [0.717, 1.165) is 61.1 Å². The summed E-state index contributed by atoms with van der Waals surface area (Å²) in [5.74, 6) is 1.40. The van der Waals surface area contributed by atoms with E-state index in [4.69, 9.17) is 9.73 Å². The highest BCUT2D eigenvalue weighted by atomic mass is 19.1. The minimum Gasteiger partial charge on any atom is -0.385 e. The van der Waals surface area contributed by atoms with Crippen LogP contribution in [0.3, 0.4) is 0 Å². The molecule has 3 aliphatic rings. The van der Waals surface area contributed by atoms with Crippen molar-refractivity contribution in [2.75, 3.05) is 45.7 Å². The molecule has 5 nitrogen and oxygen atoms in total. The Labute approximate surface area is 177 Å². The molecular weight excluding hydrogens is 379 g/mol. The van der Waals surface area contributed by atoms with E-state index in [0.29, 0.717) is 12.0 Å². The van der Waals surface area contributed by atoms with Gasteiger partial charge in [0.15, 0.2) is 0 Å². The Morgan fingerprint density at radius 2 is 2.00 bits per heavy atom. The normalized spacial score (nSPS) is 21.4. The predicted octanol–water partition coefficient (Wildman–Crippen LogP) is 4.49. The summed E-state index contributed by atoms with van der Waals surface area (Å²) in [4.78, 5) is 9.88. The molecule has 6 heteroatoms. The van der Waals surface area contributed by atoms with Gasteiger partial charge in [-0.25, -0.2) is 9.38 Å². The quantitative estimate of drug-likeness (QED) is 0.809. The lowest BCUT2D eigenvalue weighted by atomic mass is 10.0. The fourth-order valence-electron chi connectivity index (χ4n) is 4.50. The van der Waals surface area contributed by atoms with Crippen LogP contribution in [0.5, 0.6) is 0 Å². The van der Waals surface area contributed by atoms with Crippen molar-refractivity contribution in [3.63, 3.8) is 0 Å². The Hall–Kier alpha value is -2.44. The van der Waals surface area contributed by atoms with E-state index >= 15 is 0 Å². The first-order chi connectivity index (χ1) is 14.6. The van der Waals surface area contributed by atoms with Gasteiger partial charge in [0.05, 0.1) is 11.4 Å². The number of hydrogen-bond acceptors (Lipinski definition) is 5. The van der Waals surface area contributed by atoms with Crippen molar-refractivity contribution < 1.29 is 9.13 Å². The van der Waals surface area contributed by atoms with Crippen LogP contribution in [-0.2, 0) is 4.74 Å². The van der Waals surface area contributed by atoms with E-state index in [1.807, 2.05) is 0 Å². The number of hydrogen-bond donors (Lipinski definition) is 1. The third kappa shape index (κ3) is 3.82. The fourth-order valence-corrected chi connectivity index (χ4v) is 4.50. The second-order valence-corrected chi connectivity index (χ2v) is 8.66. The molecule has 0 amide bonds. The summed E-state index contributed by atoms with van der Waals surface area (Å²) in [6, 6.07) is 11.8. The first-order valence-electron chi connectivity index (χ1n) is 10.9. The van der Waals surface area contributed by atoms with E-state index in [9.17, 15) is 4.39 Å². The molecular formula is C24H29FN4O. The zero-order valence-electron chi connectivity index (χ0n) is 17.7. The van der Waals surface area contributed by atoms with Crippen molar-refractivity contribution in [1.82, 2.24) is 9.80 Å². The number of methoxy groups -OCH3 is 1. The van der Waals surface area contributed by atoms with Crippen LogP contribution in [0.4, 0.5) is 21.5 Å². The van der Waals surface area contributed by atoms with Gasteiger partial charge in [-0.3, -0.25) is 4.90 Å². The Kier molecular flexibility index (Phi) is 5.21. The highest BCUT2D eigenvalue weighted by molar-refractivity contribution is 6.08. The smallest absolute Gasteiger partial charge is 0.138 e. The number of nitrogens with one attached hydrogen (secondary N) is 1. The number of likely N-dealkylation sites (N-methyl/N-ethyl adjacent to an activating group) is 1. The van der Waals surface area contributed by atoms with Crippen LogP contribution in [0.15, 0.2) is 41.4 Å². The van der Waals surface area contributed by atoms with Gasteiger partial charge in [0, 0.05) is 50.6 Å². The first kappa shape index (κ1) is 19.5. The molecule has 1 aliphatic carbocycles. The lowest BCUT2D eigenvalue weighted by Gasteiger charge is -2.41. The first-order valence-corrected chi connectivity index (χ1v) is 10.9. The fraction of sp³-hybridized carbons (Fsp3) is 0.458. The van der Waals surface area contributed by atoms with E-state index in [2.05, 4.69) is 40.4 Å². The minimum absolute atomic E-state index is 0.254. The van der Waals surface area contributed by atoms with Crippen LogP contribution < -0.4 is 5.32 Å². The summed E-state index contributed by atoms with van der Waals surface area (Å²) in [7, 11) is 3.94. The van der Waals surface area contributed by atoms with Crippen LogP contribution in [0, 0.1) is 5.82 Å². The Morgan fingerprint density at radius 3 is 2.80 bits per heavy atom. The lowest BCUT2D eigenvalue weighted by molar-refractivity contribution is 0.100. The van der Waals surface area contributed by atoms with Gasteiger partial charge in [-0.05, 0) is 68.1 Å². The van der Waals surface area contributed by atoms with Crippen molar-refractivity contribution in [2.45, 2.75) is 31.2 Å². The van der Waals surface area contributed by atoms with E-state index in [-0.39, 0.29) is 5.82 Å². The summed E-state index contributed by atoms with van der Waals surface area (Å²) in [6.07, 6.45) is 3.52. The largest absolute Gasteiger partial charge is 0.385 e. The molecule has 0 radical (unpaired) electrons. The number of rotatable bonds is 4. The number of amidine groups is 1. The molecule has 5 rings (SSSR count). The van der Waals surface area contributed by atoms with E-state index in [1.54, 1.807) is 13.2 Å². The van der Waals surface area contributed by atoms with E-state index < -0.39 is 0 Å². The molecule has 2 heterocycles. The second-order valence-electron chi connectivity index (χ2n) is 8.66. The molecule has 2 aliphatic heterocycles. The van der Waals surface area contributed by atoms with Crippen LogP contribution >= 0.6 is 0 Å². The Morgan fingerprint density at radius 1 is 1.13 bits per heavy atom. The van der Waals surface area contributed by atoms with Crippen molar-refractivity contribution in [3.8, 4) is 0 Å². The number of nitrogens with zero attached hydrogens (tertiary/aromatic N) is 3. The van der Waals surface area contributed by atoms with Gasteiger partial charge in [-0.1, -0.05) is 6.07 Å². The molecule has 1 N–H and O–H groups in total. The third-order valence-electron chi connectivity index (χ3n) is 6.52. The Balaban J connectivity index is 1.56. The molecule has 0 spiro atoms. The highest BCUT2D eigenvalue weighted by Crippen LogP contribution is 2.43. The summed E-state index contributed by atoms with van der Waals surface area (Å²) in [5.41, 5.74) is 4.99. The topological polar surface area (TPSA) is 40.1 Å². The molecule has 158 valence electrons. The molecule has 30 heavy (non-hydrogen) atoms. The van der Waals surface area contributed by atoms with Crippen molar-refractivity contribution in [1.29, 1.82) is 0 Å². The SMILES string of the molecule is COCC[C@H]1CN(C2=Nc3ccc(F)cc3Nc3ccc(C4CC4)cc32)CCN1C. The van der Waals surface area contributed by atoms with Crippen molar-refractivity contribution in [3.05, 3.63) is 53.3 Å². The summed E-state index contributed by atoms with van der Waals surface area (Å²) in [5, 5.41) is 3.44. The van der Waals surface area contributed by atoms with Gasteiger partial charge in [-0.15, -0.1) is 0 Å². The molecule has 2 aromatic rings. The maximum atomic E-state index is 13.9. The second kappa shape index (κ2) is 8.00. The summed E-state index contributed by atoms with van der Waals surface area (Å²) < 4.78 is 19.3. The number of aliphatic imine (C=N–C) groups is 1. The average Bonchev–Trinajstić information content (AvgIpc) is 3.59. The number of fused-ring (bicyclic) bond motifs is 2. The van der Waals surface area contributed by atoms with Gasteiger partial charge in [0.25, 0.3) is 0 Å². The number of ether oxygens (including phenoxy) is 1. The number of piperazine rings is 1. The minimum atomic E-state index is -0.254. The van der Waals surface area contributed by atoms with Gasteiger partial charge in [0.2, 0.25) is 0 Å². The molecule has 0 unspecified atom stereocenters. The third-order valence-corrected chi connectivity index (χ3v) is 6.52. The predicted molar refractivity (Wildman–Crippen MR) is 119 cm³/mol. The highest BCUT2D eigenvalue weighted by Gasteiger charge is 2.31. The van der Waals surface area contributed by atoms with Crippen molar-refractivity contribution >= 4 is 22.9 Å². The zero-order chi connectivity index (χ0) is 20.7. The zero-order valence-corrected chi connectivity index (χ0v) is 17.7. The molecule has 2 aromatic carbocycles. The Bertz CT molecular complexity index is 972. The van der Waals surface area contributed by atoms with E-state index in [1.165, 1.54) is 30.5 Å². The number of halogens is 1. The van der Waals surface area contributed by atoms with Crippen LogP contribution in [-0.4, -0.2) is 62.1 Å². The molecule has 1 saturated heterocycles. The van der Waals surface area contributed by atoms with Crippen LogP contribution in [0.2, 0.25) is 0 Å². The molecule has 0 aromatic heterocycles. The maximum Gasteiger partial charge on any atom is 0.138 e. The molecule has 0 bridgehead atoms. The van der Waals surface area contributed by atoms with Gasteiger partial charge in [-0.2, -0.15) is 0 Å². The standard InChI is InChI=1S/C24H29FN4O/c1-28-10-11-29(15-19(28)9-12-30-2)24-20-13-17(16-3-4-16)5-7-21(20)26-23-14-18(25)6-8-22(23)27-24/h5-8,13-14,16,19,26H,3-4,9-12,15H2,1-2H3/t19-/m0/s1. The summed E-state index contributed by atoms with van der Waals surface area (Å²) in [6.45, 7) is 3.56. The van der Waals surface area contributed by atoms with Crippen LogP contribution in [0.1, 0.15) is 36.3 Å². The average molecular weight is 409 g/mol. The molecule has 2 fully saturated rings. The summed E-state index contributed by atoms with van der Waals surface area (Å²) >= 11 is 0. The maximum absolute atomic E-state index is 13.9. The van der Waals surface area contributed by atoms with Crippen molar-refractivity contribution in [2.24, 2.45) is 4.99 Å². The van der Waals surface area contributed by atoms with Gasteiger partial charge >= 0.3 is 0 Å². The lowest BCUT2D eigenvalue weighted by Crippen LogP contribution is -2.53. The van der Waals surface area contributed by atoms with Gasteiger partial charge < -0.3 is 15.0 Å². The molecule has 1 atom stereocenters. The van der Waals surface area contributed by atoms with Gasteiger partial charge in [0.1, 0.15) is 11.7 Å². The monoisotopic (exact) mass is 408 g/mol.